The lowest BCUT2D eigenvalue weighted by molar-refractivity contribution is 0.243. The van der Waals surface area contributed by atoms with Crippen molar-refractivity contribution in [2.24, 2.45) is 5.92 Å². The molecule has 1 N–H and O–H groups in total. The average molecular weight is 341 g/mol. The Morgan fingerprint density at radius 3 is 2.60 bits per heavy atom. The Morgan fingerprint density at radius 1 is 1.00 bits per heavy atom. The summed E-state index contributed by atoms with van der Waals surface area (Å²) in [7, 11) is 0. The van der Waals surface area contributed by atoms with Crippen molar-refractivity contribution in [2.45, 2.75) is 71.1 Å². The summed E-state index contributed by atoms with van der Waals surface area (Å²) in [5, 5.41) is 1.40. The zero-order chi connectivity index (χ0) is 17.3. The highest BCUT2D eigenvalue weighted by Crippen LogP contribution is 2.26. The second-order valence-electron chi connectivity index (χ2n) is 7.95. The number of fused-ring (bicyclic) bond motifs is 1. The van der Waals surface area contributed by atoms with Crippen LogP contribution in [0.3, 0.4) is 0 Å². The lowest BCUT2D eigenvalue weighted by Crippen LogP contribution is -2.29. The van der Waals surface area contributed by atoms with Gasteiger partial charge >= 0.3 is 0 Å². The van der Waals surface area contributed by atoms with Crippen LogP contribution in [0.4, 0.5) is 0 Å². The lowest BCUT2D eigenvalue weighted by Gasteiger charge is -2.24. The molecule has 0 amide bonds. The minimum Gasteiger partial charge on any atom is -0.361 e. The number of benzene rings is 1. The van der Waals surface area contributed by atoms with E-state index in [0.717, 1.165) is 5.92 Å². The van der Waals surface area contributed by atoms with Crippen molar-refractivity contribution < 1.29 is 0 Å². The molecule has 3 rings (SSSR count). The molecule has 2 nitrogen and oxygen atoms in total. The maximum atomic E-state index is 3.43. The first-order valence-corrected chi connectivity index (χ1v) is 10.6. The molecule has 2 aromatic rings. The summed E-state index contributed by atoms with van der Waals surface area (Å²) in [6.07, 6.45) is 16.3. The number of nitrogens with one attached hydrogen (secondary N) is 1. The molecule has 1 heterocycles. The van der Waals surface area contributed by atoms with Gasteiger partial charge in [-0.15, -0.1) is 0 Å². The number of aromatic nitrogens is 1. The van der Waals surface area contributed by atoms with Crippen LogP contribution in [0.1, 0.15) is 70.3 Å². The number of H-pyrrole nitrogens is 1. The highest BCUT2D eigenvalue weighted by Gasteiger charge is 2.14. The monoisotopic (exact) mass is 340 g/mol. The minimum absolute atomic E-state index is 0.986. The predicted octanol–water partition coefficient (Wildman–Crippen LogP) is 6.17. The van der Waals surface area contributed by atoms with E-state index >= 15 is 0 Å². The van der Waals surface area contributed by atoms with E-state index in [4.69, 9.17) is 0 Å². The van der Waals surface area contributed by atoms with Crippen molar-refractivity contribution in [3.8, 4) is 0 Å². The topological polar surface area (TPSA) is 19.0 Å². The van der Waals surface area contributed by atoms with E-state index in [0.29, 0.717) is 0 Å². The average Bonchev–Trinajstić information content (AvgIpc) is 2.87. The Morgan fingerprint density at radius 2 is 1.80 bits per heavy atom. The Balaban J connectivity index is 1.52. The normalized spacial score (nSPS) is 16.6. The predicted molar refractivity (Wildman–Crippen MR) is 109 cm³/mol. The summed E-state index contributed by atoms with van der Waals surface area (Å²) in [4.78, 5) is 6.16. The first kappa shape index (κ1) is 18.5. The van der Waals surface area contributed by atoms with Gasteiger partial charge in [-0.3, -0.25) is 0 Å². The Bertz CT molecular complexity index is 607. The second kappa shape index (κ2) is 10.0. The molecule has 0 aliphatic heterocycles. The first-order chi connectivity index (χ1) is 12.4. The fourth-order valence-corrected chi connectivity index (χ4v) is 4.35. The van der Waals surface area contributed by atoms with E-state index in [-0.39, 0.29) is 0 Å². The van der Waals surface area contributed by atoms with Gasteiger partial charge in [0.15, 0.2) is 0 Å². The molecule has 0 bridgehead atoms. The van der Waals surface area contributed by atoms with Gasteiger partial charge in [-0.1, -0.05) is 70.1 Å². The standard InChI is InChI=1S/C23H36N2/c1-2-3-16-25(17-14-20-10-6-4-5-7-11-20)18-15-21-19-24-23-13-9-8-12-22(21)23/h8-9,12-13,19-20,24H,2-7,10-11,14-18H2,1H3. The van der Waals surface area contributed by atoms with Crippen LogP contribution in [-0.4, -0.2) is 29.5 Å². The molecule has 25 heavy (non-hydrogen) atoms. The van der Waals surface area contributed by atoms with Crippen LogP contribution in [0, 0.1) is 5.92 Å². The Hall–Kier alpha value is -1.28. The number of rotatable bonds is 9. The van der Waals surface area contributed by atoms with Crippen molar-refractivity contribution in [3.05, 3.63) is 36.0 Å². The first-order valence-electron chi connectivity index (χ1n) is 10.6. The van der Waals surface area contributed by atoms with Gasteiger partial charge in [0.1, 0.15) is 0 Å². The number of hydrogen-bond acceptors (Lipinski definition) is 1. The molecule has 1 aromatic heterocycles. The molecule has 0 atom stereocenters. The summed E-state index contributed by atoms with van der Waals surface area (Å²) >= 11 is 0. The molecule has 1 aliphatic carbocycles. The SMILES string of the molecule is CCCCN(CCc1c[nH]c2ccccc12)CCC1CCCCCC1. The van der Waals surface area contributed by atoms with E-state index in [1.54, 1.807) is 0 Å². The van der Waals surface area contributed by atoms with Crippen molar-refractivity contribution in [2.75, 3.05) is 19.6 Å². The van der Waals surface area contributed by atoms with Crippen LogP contribution >= 0.6 is 0 Å². The molecule has 1 aliphatic rings. The zero-order valence-electron chi connectivity index (χ0n) is 16.1. The smallest absolute Gasteiger partial charge is 0.0456 e. The quantitative estimate of drug-likeness (QED) is 0.541. The number of unbranched alkanes of at least 4 members (excludes halogenated alkanes) is 1. The maximum Gasteiger partial charge on any atom is 0.0456 e. The molecule has 0 spiro atoms. The summed E-state index contributed by atoms with van der Waals surface area (Å²) in [6.45, 7) is 6.08. The molecule has 0 unspecified atom stereocenters. The van der Waals surface area contributed by atoms with E-state index in [9.17, 15) is 0 Å². The van der Waals surface area contributed by atoms with E-state index in [1.807, 2.05) is 0 Å². The van der Waals surface area contributed by atoms with Crippen molar-refractivity contribution in [3.63, 3.8) is 0 Å². The lowest BCUT2D eigenvalue weighted by atomic mass is 9.96. The van der Waals surface area contributed by atoms with Crippen molar-refractivity contribution >= 4 is 10.9 Å². The van der Waals surface area contributed by atoms with Gasteiger partial charge in [0.05, 0.1) is 0 Å². The molecule has 0 radical (unpaired) electrons. The number of nitrogens with zero attached hydrogens (tertiary/aromatic N) is 1. The molecule has 2 heteroatoms. The number of para-hydroxylation sites is 1. The Kier molecular flexibility index (Phi) is 7.41. The summed E-state index contributed by atoms with van der Waals surface area (Å²) in [5.41, 5.74) is 2.75. The van der Waals surface area contributed by atoms with Crippen LogP contribution in [-0.2, 0) is 6.42 Å². The van der Waals surface area contributed by atoms with Gasteiger partial charge in [0.25, 0.3) is 0 Å². The van der Waals surface area contributed by atoms with Gasteiger partial charge in [-0.05, 0) is 49.9 Å². The third-order valence-corrected chi connectivity index (χ3v) is 6.03. The molecule has 138 valence electrons. The molecule has 1 saturated carbocycles. The summed E-state index contributed by atoms with van der Waals surface area (Å²) < 4.78 is 0. The molecule has 0 saturated heterocycles. The fraction of sp³-hybridized carbons (Fsp3) is 0.652. The number of hydrogen-bond donors (Lipinski definition) is 1. The molecular formula is C23H36N2. The minimum atomic E-state index is 0.986. The highest BCUT2D eigenvalue weighted by atomic mass is 15.1. The highest BCUT2D eigenvalue weighted by molar-refractivity contribution is 5.83. The van der Waals surface area contributed by atoms with Gasteiger partial charge < -0.3 is 9.88 Å². The summed E-state index contributed by atoms with van der Waals surface area (Å²) in [5.74, 6) is 0.986. The van der Waals surface area contributed by atoms with Gasteiger partial charge in [-0.25, -0.2) is 0 Å². The van der Waals surface area contributed by atoms with Crippen LogP contribution in [0.15, 0.2) is 30.5 Å². The van der Waals surface area contributed by atoms with E-state index in [1.165, 1.54) is 100 Å². The van der Waals surface area contributed by atoms with E-state index < -0.39 is 0 Å². The van der Waals surface area contributed by atoms with Crippen LogP contribution in [0.25, 0.3) is 10.9 Å². The van der Waals surface area contributed by atoms with Gasteiger partial charge in [-0.2, -0.15) is 0 Å². The number of aromatic amines is 1. The van der Waals surface area contributed by atoms with Gasteiger partial charge in [0, 0.05) is 23.6 Å². The maximum absolute atomic E-state index is 3.43. The van der Waals surface area contributed by atoms with Gasteiger partial charge in [0.2, 0.25) is 0 Å². The zero-order valence-corrected chi connectivity index (χ0v) is 16.1. The molecular weight excluding hydrogens is 304 g/mol. The van der Waals surface area contributed by atoms with Crippen LogP contribution in [0.2, 0.25) is 0 Å². The second-order valence-corrected chi connectivity index (χ2v) is 7.95. The summed E-state index contributed by atoms with van der Waals surface area (Å²) in [6, 6.07) is 8.70. The largest absolute Gasteiger partial charge is 0.361 e. The molecule has 1 aromatic carbocycles. The third kappa shape index (κ3) is 5.60. The third-order valence-electron chi connectivity index (χ3n) is 6.03. The fourth-order valence-electron chi connectivity index (χ4n) is 4.35. The Labute approximate surface area is 154 Å². The van der Waals surface area contributed by atoms with E-state index in [2.05, 4.69) is 47.3 Å². The van der Waals surface area contributed by atoms with Crippen molar-refractivity contribution in [1.29, 1.82) is 0 Å². The van der Waals surface area contributed by atoms with Crippen LogP contribution < -0.4 is 0 Å². The molecule has 1 fully saturated rings. The van der Waals surface area contributed by atoms with Crippen molar-refractivity contribution in [1.82, 2.24) is 9.88 Å². The van der Waals surface area contributed by atoms with Crippen LogP contribution in [0.5, 0.6) is 0 Å².